The first-order valence-electron chi connectivity index (χ1n) is 8.17. The number of hydrogen-bond acceptors (Lipinski definition) is 4. The van der Waals surface area contributed by atoms with E-state index < -0.39 is 5.41 Å². The fraction of sp³-hybridized carbons (Fsp3) is 0.100. The Kier molecular flexibility index (Phi) is 2.87. The van der Waals surface area contributed by atoms with Crippen LogP contribution >= 0.6 is 11.8 Å². The SMILES string of the molecule is Cn1c2c(c3ccccc31)C1(C(=O)Nc3ccccc31)C(C#N)=C(N)S2. The highest BCUT2D eigenvalue weighted by atomic mass is 32.2. The largest absolute Gasteiger partial charge is 0.392 e. The number of anilines is 1. The molecule has 1 atom stereocenters. The third-order valence-electron chi connectivity index (χ3n) is 5.29. The van der Waals surface area contributed by atoms with E-state index in [2.05, 4.69) is 11.4 Å². The average Bonchev–Trinajstić information content (AvgIpc) is 3.09. The zero-order valence-electron chi connectivity index (χ0n) is 13.9. The molecule has 126 valence electrons. The van der Waals surface area contributed by atoms with E-state index in [9.17, 15) is 10.1 Å². The quantitative estimate of drug-likeness (QED) is 0.646. The Morgan fingerprint density at radius 2 is 1.92 bits per heavy atom. The van der Waals surface area contributed by atoms with E-state index in [1.807, 2.05) is 60.1 Å². The number of benzene rings is 2. The Balaban J connectivity index is 2.03. The van der Waals surface area contributed by atoms with Crippen LogP contribution in [0.5, 0.6) is 0 Å². The third-order valence-corrected chi connectivity index (χ3v) is 6.38. The van der Waals surface area contributed by atoms with Crippen LogP contribution in [0.25, 0.3) is 10.9 Å². The minimum absolute atomic E-state index is 0.226. The third kappa shape index (κ3) is 1.54. The Morgan fingerprint density at radius 3 is 2.73 bits per heavy atom. The van der Waals surface area contributed by atoms with Crippen molar-refractivity contribution in [1.29, 1.82) is 5.26 Å². The summed E-state index contributed by atoms with van der Waals surface area (Å²) in [6, 6.07) is 17.7. The summed E-state index contributed by atoms with van der Waals surface area (Å²) >= 11 is 1.35. The topological polar surface area (TPSA) is 83.8 Å². The summed E-state index contributed by atoms with van der Waals surface area (Å²) in [4.78, 5) is 13.4. The summed E-state index contributed by atoms with van der Waals surface area (Å²) in [7, 11) is 1.96. The minimum atomic E-state index is -1.21. The zero-order chi connectivity index (χ0) is 18.1. The summed E-state index contributed by atoms with van der Waals surface area (Å²) in [5.41, 5.74) is 8.74. The molecule has 0 aliphatic carbocycles. The van der Waals surface area contributed by atoms with E-state index in [-0.39, 0.29) is 5.91 Å². The lowest BCUT2D eigenvalue weighted by molar-refractivity contribution is -0.118. The van der Waals surface area contributed by atoms with Crippen molar-refractivity contribution in [2.75, 3.05) is 5.32 Å². The van der Waals surface area contributed by atoms with Crippen LogP contribution in [0.4, 0.5) is 5.69 Å². The number of hydrogen-bond donors (Lipinski definition) is 2. The lowest BCUT2D eigenvalue weighted by atomic mass is 9.70. The number of para-hydroxylation sites is 2. The molecule has 5 rings (SSSR count). The number of nitrogens with zero attached hydrogens (tertiary/aromatic N) is 2. The van der Waals surface area contributed by atoms with Gasteiger partial charge < -0.3 is 15.6 Å². The summed E-state index contributed by atoms with van der Waals surface area (Å²) < 4.78 is 2.05. The number of amides is 1. The maximum absolute atomic E-state index is 13.4. The van der Waals surface area contributed by atoms with Gasteiger partial charge in [0.25, 0.3) is 0 Å². The molecule has 2 aliphatic rings. The minimum Gasteiger partial charge on any atom is -0.392 e. The number of carbonyl (C=O) groups excluding carboxylic acids is 1. The molecule has 26 heavy (non-hydrogen) atoms. The molecule has 3 N–H and O–H groups in total. The van der Waals surface area contributed by atoms with E-state index in [0.717, 1.165) is 32.7 Å². The molecule has 2 aliphatic heterocycles. The lowest BCUT2D eigenvalue weighted by Gasteiger charge is -2.32. The molecular formula is C20H14N4OS. The van der Waals surface area contributed by atoms with Crippen LogP contribution in [-0.4, -0.2) is 10.5 Å². The second-order valence-electron chi connectivity index (χ2n) is 6.46. The first kappa shape index (κ1) is 15.1. The van der Waals surface area contributed by atoms with Crippen molar-refractivity contribution in [3.8, 4) is 6.07 Å². The first-order valence-corrected chi connectivity index (χ1v) is 8.99. The average molecular weight is 358 g/mol. The first-order chi connectivity index (χ1) is 12.6. The van der Waals surface area contributed by atoms with Gasteiger partial charge in [-0.1, -0.05) is 48.2 Å². The number of aryl methyl sites for hydroxylation is 1. The molecule has 0 saturated heterocycles. The fourth-order valence-electron chi connectivity index (χ4n) is 4.21. The number of nitrogens with one attached hydrogen (secondary N) is 1. The second kappa shape index (κ2) is 4.93. The van der Waals surface area contributed by atoms with Crippen LogP contribution in [0.3, 0.4) is 0 Å². The van der Waals surface area contributed by atoms with Gasteiger partial charge in [-0.25, -0.2) is 0 Å². The number of fused-ring (bicyclic) bond motifs is 6. The zero-order valence-corrected chi connectivity index (χ0v) is 14.7. The van der Waals surface area contributed by atoms with Gasteiger partial charge in [-0.2, -0.15) is 5.26 Å². The van der Waals surface area contributed by atoms with Crippen molar-refractivity contribution < 1.29 is 4.79 Å². The Labute approximate surface area is 154 Å². The highest BCUT2D eigenvalue weighted by molar-refractivity contribution is 8.03. The van der Waals surface area contributed by atoms with Crippen molar-refractivity contribution in [2.45, 2.75) is 10.4 Å². The van der Waals surface area contributed by atoms with Gasteiger partial charge in [-0.3, -0.25) is 4.79 Å². The predicted octanol–water partition coefficient (Wildman–Crippen LogP) is 3.22. The van der Waals surface area contributed by atoms with Crippen LogP contribution in [0.15, 0.2) is 64.2 Å². The molecule has 0 bridgehead atoms. The van der Waals surface area contributed by atoms with Crippen LogP contribution in [0.2, 0.25) is 0 Å². The van der Waals surface area contributed by atoms with Gasteiger partial charge in [0.15, 0.2) is 0 Å². The predicted molar refractivity (Wildman–Crippen MR) is 101 cm³/mol. The molecule has 2 aromatic carbocycles. The number of carbonyl (C=O) groups is 1. The summed E-state index contributed by atoms with van der Waals surface area (Å²) in [6.07, 6.45) is 0. The lowest BCUT2D eigenvalue weighted by Crippen LogP contribution is -2.40. The van der Waals surface area contributed by atoms with E-state index in [4.69, 9.17) is 5.73 Å². The highest BCUT2D eigenvalue weighted by Crippen LogP contribution is 2.57. The van der Waals surface area contributed by atoms with Crippen molar-refractivity contribution in [3.63, 3.8) is 0 Å². The molecule has 3 heterocycles. The summed E-state index contributed by atoms with van der Waals surface area (Å²) in [5.74, 6) is -0.226. The molecule has 6 heteroatoms. The molecule has 1 aromatic heterocycles. The molecule has 0 saturated carbocycles. The molecule has 1 unspecified atom stereocenters. The Hall–Kier alpha value is -3.17. The van der Waals surface area contributed by atoms with Gasteiger partial charge in [0.2, 0.25) is 5.91 Å². The van der Waals surface area contributed by atoms with Gasteiger partial charge >= 0.3 is 0 Å². The van der Waals surface area contributed by atoms with Crippen molar-refractivity contribution >= 4 is 34.3 Å². The van der Waals surface area contributed by atoms with Gasteiger partial charge in [-0.15, -0.1) is 0 Å². The molecule has 5 nitrogen and oxygen atoms in total. The van der Waals surface area contributed by atoms with E-state index >= 15 is 0 Å². The molecular weight excluding hydrogens is 344 g/mol. The number of thioether (sulfide) groups is 1. The number of nitriles is 1. The highest BCUT2D eigenvalue weighted by Gasteiger charge is 2.57. The normalized spacial score (nSPS) is 20.8. The molecule has 1 amide bonds. The van der Waals surface area contributed by atoms with Gasteiger partial charge in [-0.05, 0) is 12.1 Å². The van der Waals surface area contributed by atoms with Gasteiger partial charge in [0.05, 0.1) is 21.7 Å². The monoisotopic (exact) mass is 358 g/mol. The van der Waals surface area contributed by atoms with E-state index in [1.165, 1.54) is 11.8 Å². The smallest absolute Gasteiger partial charge is 0.245 e. The fourth-order valence-corrected chi connectivity index (χ4v) is 5.32. The molecule has 0 fully saturated rings. The van der Waals surface area contributed by atoms with Crippen LogP contribution < -0.4 is 11.1 Å². The van der Waals surface area contributed by atoms with Crippen molar-refractivity contribution in [3.05, 3.63) is 70.3 Å². The van der Waals surface area contributed by atoms with Gasteiger partial charge in [0.1, 0.15) is 5.41 Å². The number of rotatable bonds is 0. The van der Waals surface area contributed by atoms with Crippen LogP contribution in [-0.2, 0) is 17.3 Å². The maximum Gasteiger partial charge on any atom is 0.245 e. The van der Waals surface area contributed by atoms with Crippen molar-refractivity contribution in [1.82, 2.24) is 4.57 Å². The summed E-state index contributed by atoms with van der Waals surface area (Å²) in [6.45, 7) is 0. The second-order valence-corrected chi connectivity index (χ2v) is 7.49. The standard InChI is InChI=1S/C20H14N4OS/c1-24-15-9-5-2-6-11(15)16-18(24)26-17(22)13(10-21)20(16)12-7-3-4-8-14(12)23-19(20)25/h2-9H,22H2,1H3,(H,23,25). The van der Waals surface area contributed by atoms with E-state index in [0.29, 0.717) is 10.6 Å². The van der Waals surface area contributed by atoms with E-state index in [1.54, 1.807) is 0 Å². The maximum atomic E-state index is 13.4. The molecule has 3 aromatic rings. The van der Waals surface area contributed by atoms with Crippen LogP contribution in [0, 0.1) is 11.3 Å². The molecule has 1 spiro atoms. The Bertz CT molecular complexity index is 1200. The Morgan fingerprint density at radius 1 is 1.19 bits per heavy atom. The van der Waals surface area contributed by atoms with Crippen LogP contribution in [0.1, 0.15) is 11.1 Å². The van der Waals surface area contributed by atoms with Crippen molar-refractivity contribution in [2.24, 2.45) is 12.8 Å². The molecule has 0 radical (unpaired) electrons. The van der Waals surface area contributed by atoms with Gasteiger partial charge in [0, 0.05) is 34.8 Å². The number of aromatic nitrogens is 1. The summed E-state index contributed by atoms with van der Waals surface area (Å²) in [5, 5.41) is 15.1. The number of nitrogens with two attached hydrogens (primary N) is 1.